The predicted octanol–water partition coefficient (Wildman–Crippen LogP) is 2.73. The number of hydrogen-bond donors (Lipinski definition) is 1. The van der Waals surface area contributed by atoms with Gasteiger partial charge in [0.05, 0.1) is 16.9 Å². The Morgan fingerprint density at radius 1 is 1.62 bits per heavy atom. The molecule has 1 aromatic rings. The van der Waals surface area contributed by atoms with Gasteiger partial charge in [0.25, 0.3) is 0 Å². The van der Waals surface area contributed by atoms with Crippen LogP contribution in [0.3, 0.4) is 0 Å². The van der Waals surface area contributed by atoms with E-state index in [0.29, 0.717) is 17.3 Å². The zero-order valence-electron chi connectivity index (χ0n) is 10.0. The fourth-order valence-electron chi connectivity index (χ4n) is 1.76. The first-order valence-corrected chi connectivity index (χ1v) is 5.95. The summed E-state index contributed by atoms with van der Waals surface area (Å²) in [4.78, 5) is 0. The van der Waals surface area contributed by atoms with Gasteiger partial charge in [-0.1, -0.05) is 32.4 Å². The lowest BCUT2D eigenvalue weighted by atomic mass is 9.89. The number of nitrogens with zero attached hydrogens (tertiary/aromatic N) is 2. The smallest absolute Gasteiger partial charge is 0.168 e. The number of nitrogens with two attached hydrogens (primary N) is 1. The Morgan fingerprint density at radius 3 is 2.69 bits per heavy atom. The van der Waals surface area contributed by atoms with E-state index < -0.39 is 5.67 Å². The second-order valence-corrected chi connectivity index (χ2v) is 4.69. The van der Waals surface area contributed by atoms with Gasteiger partial charge in [-0.25, -0.2) is 4.39 Å². The lowest BCUT2D eigenvalue weighted by molar-refractivity contribution is 0.0970. The van der Waals surface area contributed by atoms with E-state index in [4.69, 9.17) is 17.3 Å². The van der Waals surface area contributed by atoms with Crippen molar-refractivity contribution < 1.29 is 4.39 Å². The van der Waals surface area contributed by atoms with Crippen LogP contribution in [-0.4, -0.2) is 16.3 Å². The van der Waals surface area contributed by atoms with Crippen molar-refractivity contribution in [3.8, 4) is 0 Å². The van der Waals surface area contributed by atoms with Gasteiger partial charge in [-0.3, -0.25) is 4.68 Å². The van der Waals surface area contributed by atoms with Gasteiger partial charge in [0, 0.05) is 13.1 Å². The summed E-state index contributed by atoms with van der Waals surface area (Å²) < 4.78 is 16.4. The van der Waals surface area contributed by atoms with E-state index in [2.05, 4.69) is 5.10 Å². The molecule has 16 heavy (non-hydrogen) atoms. The third-order valence-electron chi connectivity index (χ3n) is 2.84. The molecule has 1 rings (SSSR count). The molecular formula is C11H19ClFN3. The molecule has 0 aliphatic carbocycles. The van der Waals surface area contributed by atoms with Crippen LogP contribution in [0.15, 0.2) is 6.20 Å². The summed E-state index contributed by atoms with van der Waals surface area (Å²) in [5, 5.41) is 4.45. The number of rotatable bonds is 5. The van der Waals surface area contributed by atoms with Gasteiger partial charge in [0.2, 0.25) is 0 Å². The van der Waals surface area contributed by atoms with Gasteiger partial charge in [-0.05, 0) is 12.3 Å². The molecule has 0 aliphatic rings. The fourth-order valence-corrected chi connectivity index (χ4v) is 2.06. The number of aromatic nitrogens is 2. The second-order valence-electron chi connectivity index (χ2n) is 4.29. The van der Waals surface area contributed by atoms with Crippen LogP contribution in [0, 0.1) is 5.92 Å². The molecule has 1 aromatic heterocycles. The van der Waals surface area contributed by atoms with Crippen LogP contribution in [0.2, 0.25) is 5.02 Å². The highest BCUT2D eigenvalue weighted by Crippen LogP contribution is 2.37. The SMILES string of the molecule is CCCn1ncc(Cl)c1C(F)(CN)C(C)C. The molecule has 0 fully saturated rings. The molecule has 1 unspecified atom stereocenters. The number of alkyl halides is 1. The van der Waals surface area contributed by atoms with Crippen LogP contribution >= 0.6 is 11.6 Å². The third kappa shape index (κ3) is 2.23. The van der Waals surface area contributed by atoms with Gasteiger partial charge in [0.1, 0.15) is 0 Å². The van der Waals surface area contributed by atoms with Gasteiger partial charge < -0.3 is 5.73 Å². The average Bonchev–Trinajstić information content (AvgIpc) is 2.59. The standard InChI is InChI=1S/C11H19ClFN3/c1-4-5-16-10(9(12)6-15-16)11(13,7-14)8(2)3/h6,8H,4-5,7,14H2,1-3H3. The van der Waals surface area contributed by atoms with Crippen LogP contribution in [0.25, 0.3) is 0 Å². The van der Waals surface area contributed by atoms with Crippen molar-refractivity contribution in [1.29, 1.82) is 0 Å². The largest absolute Gasteiger partial charge is 0.327 e. The highest BCUT2D eigenvalue weighted by Gasteiger charge is 2.39. The topological polar surface area (TPSA) is 43.8 Å². The van der Waals surface area contributed by atoms with Crippen LogP contribution in [-0.2, 0) is 12.2 Å². The zero-order valence-corrected chi connectivity index (χ0v) is 10.8. The highest BCUT2D eigenvalue weighted by atomic mass is 35.5. The first-order chi connectivity index (χ1) is 7.47. The van der Waals surface area contributed by atoms with Crippen LogP contribution in [0.1, 0.15) is 32.9 Å². The lowest BCUT2D eigenvalue weighted by Gasteiger charge is -2.29. The van der Waals surface area contributed by atoms with Crippen LogP contribution < -0.4 is 5.73 Å². The number of halogens is 2. The van der Waals surface area contributed by atoms with E-state index in [0.717, 1.165) is 6.42 Å². The molecule has 0 saturated heterocycles. The monoisotopic (exact) mass is 247 g/mol. The molecule has 92 valence electrons. The summed E-state index contributed by atoms with van der Waals surface area (Å²) in [5.74, 6) is -0.234. The first-order valence-electron chi connectivity index (χ1n) is 5.58. The van der Waals surface area contributed by atoms with Gasteiger partial charge in [-0.15, -0.1) is 0 Å². The number of hydrogen-bond acceptors (Lipinski definition) is 2. The summed E-state index contributed by atoms with van der Waals surface area (Å²) in [6.45, 7) is 6.18. The van der Waals surface area contributed by atoms with E-state index in [1.807, 2.05) is 6.92 Å². The molecule has 5 heteroatoms. The molecule has 1 heterocycles. The Morgan fingerprint density at radius 2 is 2.25 bits per heavy atom. The average molecular weight is 248 g/mol. The third-order valence-corrected chi connectivity index (χ3v) is 3.11. The Hall–Kier alpha value is -0.610. The molecule has 0 radical (unpaired) electrons. The van der Waals surface area contributed by atoms with E-state index in [-0.39, 0.29) is 12.5 Å². The molecule has 0 saturated carbocycles. The van der Waals surface area contributed by atoms with Gasteiger partial charge >= 0.3 is 0 Å². The first kappa shape index (κ1) is 13.5. The van der Waals surface area contributed by atoms with Crippen molar-refractivity contribution in [2.75, 3.05) is 6.54 Å². The second kappa shape index (κ2) is 5.15. The van der Waals surface area contributed by atoms with Gasteiger partial charge in [0.15, 0.2) is 5.67 Å². The van der Waals surface area contributed by atoms with Crippen molar-refractivity contribution in [3.63, 3.8) is 0 Å². The van der Waals surface area contributed by atoms with E-state index >= 15 is 0 Å². The maximum Gasteiger partial charge on any atom is 0.168 e. The fraction of sp³-hybridized carbons (Fsp3) is 0.727. The van der Waals surface area contributed by atoms with Crippen molar-refractivity contribution in [2.24, 2.45) is 11.7 Å². The summed E-state index contributed by atoms with van der Waals surface area (Å²) in [7, 11) is 0. The van der Waals surface area contributed by atoms with Crippen molar-refractivity contribution >= 4 is 11.6 Å². The van der Waals surface area contributed by atoms with Gasteiger partial charge in [-0.2, -0.15) is 5.10 Å². The molecular weight excluding hydrogens is 229 g/mol. The van der Waals surface area contributed by atoms with Crippen molar-refractivity contribution in [3.05, 3.63) is 16.9 Å². The van der Waals surface area contributed by atoms with E-state index in [9.17, 15) is 4.39 Å². The molecule has 0 aromatic carbocycles. The maximum atomic E-state index is 14.8. The summed E-state index contributed by atoms with van der Waals surface area (Å²) >= 11 is 6.01. The minimum Gasteiger partial charge on any atom is -0.327 e. The van der Waals surface area contributed by atoms with Crippen LogP contribution in [0.4, 0.5) is 4.39 Å². The predicted molar refractivity (Wildman–Crippen MR) is 64.2 cm³/mol. The molecule has 2 N–H and O–H groups in total. The molecule has 3 nitrogen and oxygen atoms in total. The summed E-state index contributed by atoms with van der Waals surface area (Å²) in [5.41, 5.74) is 4.36. The van der Waals surface area contributed by atoms with Crippen molar-refractivity contribution in [2.45, 2.75) is 39.4 Å². The Labute approximate surface area is 101 Å². The lowest BCUT2D eigenvalue weighted by Crippen LogP contribution is -2.38. The van der Waals surface area contributed by atoms with E-state index in [1.54, 1.807) is 18.5 Å². The molecule has 0 aliphatic heterocycles. The summed E-state index contributed by atoms with van der Waals surface area (Å²) in [6, 6.07) is 0. The summed E-state index contributed by atoms with van der Waals surface area (Å²) in [6.07, 6.45) is 2.36. The molecule has 0 bridgehead atoms. The van der Waals surface area contributed by atoms with Crippen molar-refractivity contribution in [1.82, 2.24) is 9.78 Å². The minimum atomic E-state index is -1.61. The Bertz CT molecular complexity index is 351. The number of aryl methyl sites for hydroxylation is 1. The molecule has 0 spiro atoms. The van der Waals surface area contributed by atoms with Crippen LogP contribution in [0.5, 0.6) is 0 Å². The Kier molecular flexibility index (Phi) is 4.33. The molecule has 0 amide bonds. The molecule has 1 atom stereocenters. The zero-order chi connectivity index (χ0) is 12.3. The quantitative estimate of drug-likeness (QED) is 0.870. The normalized spacial score (nSPS) is 15.4. The van der Waals surface area contributed by atoms with E-state index in [1.165, 1.54) is 6.20 Å². The maximum absolute atomic E-state index is 14.8. The minimum absolute atomic E-state index is 0.0835. The Balaban J connectivity index is 3.23. The highest BCUT2D eigenvalue weighted by molar-refractivity contribution is 6.31.